The lowest BCUT2D eigenvalue weighted by atomic mass is 10.1. The second-order valence-electron chi connectivity index (χ2n) is 4.69. The third-order valence-corrected chi connectivity index (χ3v) is 3.08. The molecule has 5 nitrogen and oxygen atoms in total. The number of halogens is 1. The standard InChI is InChI=1S/C16H24N2O3.ClH/c1-5-6-13-7-8-14(15(11-13)20-4)21-12-16(19)18(3)10-9-17-2;/h5,7-8,11,17H,1,6,9-10,12H2,2-4H3;1H. The van der Waals surface area contributed by atoms with Crippen molar-refractivity contribution in [1.29, 1.82) is 0 Å². The van der Waals surface area contributed by atoms with Crippen LogP contribution in [0.15, 0.2) is 30.9 Å². The van der Waals surface area contributed by atoms with Crippen LogP contribution in [0.4, 0.5) is 0 Å². The van der Waals surface area contributed by atoms with Crippen LogP contribution in [0.25, 0.3) is 0 Å². The molecule has 0 aliphatic heterocycles. The molecule has 1 rings (SSSR count). The van der Waals surface area contributed by atoms with E-state index in [1.165, 1.54) is 0 Å². The molecule has 6 heteroatoms. The van der Waals surface area contributed by atoms with Crippen LogP contribution in [-0.4, -0.2) is 51.7 Å². The molecule has 0 unspecified atom stereocenters. The van der Waals surface area contributed by atoms with Crippen molar-refractivity contribution in [2.75, 3.05) is 40.9 Å². The van der Waals surface area contributed by atoms with Gasteiger partial charge in [0.05, 0.1) is 7.11 Å². The Morgan fingerprint density at radius 3 is 2.73 bits per heavy atom. The van der Waals surface area contributed by atoms with Crippen LogP contribution >= 0.6 is 12.4 Å². The zero-order valence-electron chi connectivity index (χ0n) is 13.4. The van der Waals surface area contributed by atoms with E-state index in [4.69, 9.17) is 9.47 Å². The van der Waals surface area contributed by atoms with Crippen molar-refractivity contribution in [1.82, 2.24) is 10.2 Å². The maximum Gasteiger partial charge on any atom is 0.260 e. The third-order valence-electron chi connectivity index (χ3n) is 3.08. The minimum Gasteiger partial charge on any atom is -0.493 e. The molecule has 0 aliphatic rings. The van der Waals surface area contributed by atoms with Crippen molar-refractivity contribution in [2.24, 2.45) is 0 Å². The van der Waals surface area contributed by atoms with Gasteiger partial charge in [-0.25, -0.2) is 0 Å². The van der Waals surface area contributed by atoms with Gasteiger partial charge in [0.25, 0.3) is 5.91 Å². The first-order chi connectivity index (χ1) is 10.1. The van der Waals surface area contributed by atoms with Crippen molar-refractivity contribution in [2.45, 2.75) is 6.42 Å². The van der Waals surface area contributed by atoms with Gasteiger partial charge in [-0.15, -0.1) is 19.0 Å². The van der Waals surface area contributed by atoms with Gasteiger partial charge in [-0.1, -0.05) is 12.1 Å². The van der Waals surface area contributed by atoms with Gasteiger partial charge in [-0.05, 0) is 31.2 Å². The van der Waals surface area contributed by atoms with Gasteiger partial charge in [0.1, 0.15) is 0 Å². The number of likely N-dealkylation sites (N-methyl/N-ethyl adjacent to an activating group) is 2. The molecule has 1 aromatic rings. The van der Waals surface area contributed by atoms with Crippen LogP contribution in [0, 0.1) is 0 Å². The summed E-state index contributed by atoms with van der Waals surface area (Å²) in [5.74, 6) is 1.13. The Hall–Kier alpha value is -1.72. The lowest BCUT2D eigenvalue weighted by Crippen LogP contribution is -2.35. The molecule has 0 bridgehead atoms. The number of nitrogens with zero attached hydrogens (tertiary/aromatic N) is 1. The fourth-order valence-electron chi connectivity index (χ4n) is 1.78. The number of amides is 1. The molecular weight excluding hydrogens is 304 g/mol. The lowest BCUT2D eigenvalue weighted by molar-refractivity contribution is -0.132. The van der Waals surface area contributed by atoms with E-state index in [-0.39, 0.29) is 24.9 Å². The molecule has 0 atom stereocenters. The van der Waals surface area contributed by atoms with Crippen LogP contribution in [-0.2, 0) is 11.2 Å². The highest BCUT2D eigenvalue weighted by molar-refractivity contribution is 5.85. The monoisotopic (exact) mass is 328 g/mol. The number of allylic oxidation sites excluding steroid dienone is 1. The first-order valence-corrected chi connectivity index (χ1v) is 6.91. The maximum atomic E-state index is 11.9. The lowest BCUT2D eigenvalue weighted by Gasteiger charge is -2.18. The fourth-order valence-corrected chi connectivity index (χ4v) is 1.78. The summed E-state index contributed by atoms with van der Waals surface area (Å²) >= 11 is 0. The normalized spacial score (nSPS) is 9.59. The number of hydrogen-bond donors (Lipinski definition) is 1. The Bertz CT molecular complexity index is 480. The van der Waals surface area contributed by atoms with Crippen LogP contribution in [0.2, 0.25) is 0 Å². The zero-order chi connectivity index (χ0) is 15.7. The van der Waals surface area contributed by atoms with E-state index in [1.807, 2.05) is 31.3 Å². The van der Waals surface area contributed by atoms with Crippen molar-refractivity contribution in [3.05, 3.63) is 36.4 Å². The largest absolute Gasteiger partial charge is 0.493 e. The summed E-state index contributed by atoms with van der Waals surface area (Å²) in [5.41, 5.74) is 1.09. The molecule has 0 spiro atoms. The zero-order valence-corrected chi connectivity index (χ0v) is 14.2. The topological polar surface area (TPSA) is 50.8 Å². The first kappa shape index (κ1) is 20.3. The average molecular weight is 329 g/mol. The van der Waals surface area contributed by atoms with Gasteiger partial charge in [0.2, 0.25) is 0 Å². The number of methoxy groups -OCH3 is 1. The SMILES string of the molecule is C=CCc1ccc(OCC(=O)N(C)CCNC)c(OC)c1.Cl. The molecule has 1 aromatic carbocycles. The molecule has 124 valence electrons. The molecule has 0 aliphatic carbocycles. The summed E-state index contributed by atoms with van der Waals surface area (Å²) in [6.07, 6.45) is 2.60. The number of carbonyl (C=O) groups excluding carboxylic acids is 1. The van der Waals surface area contributed by atoms with Gasteiger partial charge < -0.3 is 19.7 Å². The molecule has 0 aromatic heterocycles. The fraction of sp³-hybridized carbons (Fsp3) is 0.438. The molecular formula is C16H25ClN2O3. The molecule has 0 heterocycles. The van der Waals surface area contributed by atoms with Crippen LogP contribution < -0.4 is 14.8 Å². The molecule has 0 saturated heterocycles. The van der Waals surface area contributed by atoms with Crippen molar-refractivity contribution < 1.29 is 14.3 Å². The number of hydrogen-bond acceptors (Lipinski definition) is 4. The summed E-state index contributed by atoms with van der Waals surface area (Å²) in [4.78, 5) is 13.5. The molecule has 1 N–H and O–H groups in total. The minimum atomic E-state index is -0.0672. The molecule has 1 amide bonds. The minimum absolute atomic E-state index is 0. The van der Waals surface area contributed by atoms with E-state index in [0.29, 0.717) is 18.0 Å². The molecule has 0 saturated carbocycles. The Labute approximate surface area is 138 Å². The number of nitrogens with one attached hydrogen (secondary N) is 1. The highest BCUT2D eigenvalue weighted by Gasteiger charge is 2.11. The van der Waals surface area contributed by atoms with Gasteiger partial charge in [-0.3, -0.25) is 4.79 Å². The number of benzene rings is 1. The number of rotatable bonds is 9. The van der Waals surface area contributed by atoms with Crippen LogP contribution in [0.5, 0.6) is 11.5 Å². The predicted octanol–water partition coefficient (Wildman–Crippen LogP) is 1.90. The van der Waals surface area contributed by atoms with Crippen LogP contribution in [0.1, 0.15) is 5.56 Å². The third kappa shape index (κ3) is 6.37. The van der Waals surface area contributed by atoms with Crippen molar-refractivity contribution >= 4 is 18.3 Å². The Morgan fingerprint density at radius 1 is 1.41 bits per heavy atom. The van der Waals surface area contributed by atoms with E-state index in [9.17, 15) is 4.79 Å². The molecule has 0 fully saturated rings. The molecule has 22 heavy (non-hydrogen) atoms. The van der Waals surface area contributed by atoms with Crippen LogP contribution in [0.3, 0.4) is 0 Å². The van der Waals surface area contributed by atoms with E-state index >= 15 is 0 Å². The van der Waals surface area contributed by atoms with Gasteiger partial charge in [0.15, 0.2) is 18.1 Å². The van der Waals surface area contributed by atoms with Gasteiger partial charge in [0, 0.05) is 20.1 Å². The number of carbonyl (C=O) groups is 1. The first-order valence-electron chi connectivity index (χ1n) is 6.91. The van der Waals surface area contributed by atoms with E-state index < -0.39 is 0 Å². The van der Waals surface area contributed by atoms with E-state index in [1.54, 1.807) is 19.1 Å². The average Bonchev–Trinajstić information content (AvgIpc) is 2.51. The molecule has 0 radical (unpaired) electrons. The highest BCUT2D eigenvalue weighted by atomic mass is 35.5. The summed E-state index contributed by atoms with van der Waals surface area (Å²) in [6.45, 7) is 5.11. The smallest absolute Gasteiger partial charge is 0.260 e. The summed E-state index contributed by atoms with van der Waals surface area (Å²) in [5, 5.41) is 3.00. The van der Waals surface area contributed by atoms with E-state index in [0.717, 1.165) is 18.5 Å². The summed E-state index contributed by atoms with van der Waals surface area (Å²) in [6, 6.07) is 5.65. The maximum absolute atomic E-state index is 11.9. The Balaban J connectivity index is 0.00000441. The van der Waals surface area contributed by atoms with Crippen molar-refractivity contribution in [3.8, 4) is 11.5 Å². The predicted molar refractivity (Wildman–Crippen MR) is 91.2 cm³/mol. The second-order valence-corrected chi connectivity index (χ2v) is 4.69. The summed E-state index contributed by atoms with van der Waals surface area (Å²) in [7, 11) is 5.19. The highest BCUT2D eigenvalue weighted by Crippen LogP contribution is 2.28. The van der Waals surface area contributed by atoms with E-state index in [2.05, 4.69) is 11.9 Å². The summed E-state index contributed by atoms with van der Waals surface area (Å²) < 4.78 is 10.9. The van der Waals surface area contributed by atoms with Gasteiger partial charge >= 0.3 is 0 Å². The number of ether oxygens (including phenoxy) is 2. The quantitative estimate of drug-likeness (QED) is 0.703. The van der Waals surface area contributed by atoms with Gasteiger partial charge in [-0.2, -0.15) is 0 Å². The van der Waals surface area contributed by atoms with Crippen molar-refractivity contribution in [3.63, 3.8) is 0 Å². The second kappa shape index (κ2) is 10.9. The Morgan fingerprint density at radius 2 is 2.14 bits per heavy atom. The Kier molecular flexibility index (Phi) is 10.1.